The number of anilines is 1. The zero-order valence-electron chi connectivity index (χ0n) is 11.7. The maximum absolute atomic E-state index is 10.5. The van der Waals surface area contributed by atoms with Gasteiger partial charge in [-0.2, -0.15) is 0 Å². The smallest absolute Gasteiger partial charge is 0.0865 e. The van der Waals surface area contributed by atoms with Gasteiger partial charge in [0.25, 0.3) is 0 Å². The fourth-order valence-corrected chi connectivity index (χ4v) is 2.62. The molecule has 2 rings (SSSR count). The molecule has 1 aromatic rings. The van der Waals surface area contributed by atoms with E-state index in [-0.39, 0.29) is 0 Å². The lowest BCUT2D eigenvalue weighted by molar-refractivity contribution is -0.0573. The summed E-state index contributed by atoms with van der Waals surface area (Å²) < 4.78 is 5.30. The van der Waals surface area contributed by atoms with Crippen LogP contribution < -0.4 is 4.90 Å². The van der Waals surface area contributed by atoms with Gasteiger partial charge in [-0.25, -0.2) is 0 Å². The van der Waals surface area contributed by atoms with Gasteiger partial charge in [0.2, 0.25) is 0 Å². The molecular weight excluding hydrogens is 242 g/mol. The van der Waals surface area contributed by atoms with Crippen molar-refractivity contribution >= 4 is 5.69 Å². The molecule has 0 radical (unpaired) electrons. The molecule has 1 atom stereocenters. The molecule has 1 saturated heterocycles. The predicted molar refractivity (Wildman–Crippen MR) is 75.3 cm³/mol. The van der Waals surface area contributed by atoms with Crippen LogP contribution in [-0.4, -0.2) is 42.6 Å². The molecule has 0 aromatic heterocycles. The summed E-state index contributed by atoms with van der Waals surface area (Å²) in [6, 6.07) is 7.77. The molecule has 1 aromatic carbocycles. The van der Waals surface area contributed by atoms with Gasteiger partial charge in [-0.15, -0.1) is 0 Å². The highest BCUT2D eigenvalue weighted by molar-refractivity contribution is 5.54. The van der Waals surface area contributed by atoms with E-state index in [2.05, 4.69) is 0 Å². The third-order valence-corrected chi connectivity index (χ3v) is 3.75. The van der Waals surface area contributed by atoms with E-state index in [1.165, 1.54) is 0 Å². The Morgan fingerprint density at radius 2 is 1.95 bits per heavy atom. The van der Waals surface area contributed by atoms with E-state index in [0.29, 0.717) is 32.6 Å². The van der Waals surface area contributed by atoms with Crippen molar-refractivity contribution in [2.75, 3.05) is 31.7 Å². The summed E-state index contributed by atoms with van der Waals surface area (Å²) in [7, 11) is 1.95. The molecule has 4 heteroatoms. The van der Waals surface area contributed by atoms with Crippen molar-refractivity contribution in [2.45, 2.75) is 31.5 Å². The molecule has 2 N–H and O–H groups in total. The summed E-state index contributed by atoms with van der Waals surface area (Å²) in [6.07, 6.45) is 0.811. The molecule has 1 heterocycles. The Labute approximate surface area is 114 Å². The second kappa shape index (κ2) is 5.90. The number of hydrogen-bond acceptors (Lipinski definition) is 4. The lowest BCUT2D eigenvalue weighted by atomic mass is 9.93. The van der Waals surface area contributed by atoms with Gasteiger partial charge in [-0.1, -0.05) is 18.2 Å². The Balaban J connectivity index is 2.13. The number of para-hydroxylation sites is 1. The Hall–Kier alpha value is -1.10. The second-order valence-electron chi connectivity index (χ2n) is 5.43. The maximum atomic E-state index is 10.5. The molecule has 0 spiro atoms. The van der Waals surface area contributed by atoms with E-state index in [4.69, 9.17) is 4.74 Å². The maximum Gasteiger partial charge on any atom is 0.0865 e. The van der Waals surface area contributed by atoms with Gasteiger partial charge in [0.15, 0.2) is 0 Å². The third kappa shape index (κ3) is 3.47. The minimum atomic E-state index is -0.696. The lowest BCUT2D eigenvalue weighted by Crippen LogP contribution is -2.46. The Kier molecular flexibility index (Phi) is 4.45. The van der Waals surface area contributed by atoms with Crippen LogP contribution in [0.3, 0.4) is 0 Å². The second-order valence-corrected chi connectivity index (χ2v) is 5.43. The highest BCUT2D eigenvalue weighted by Gasteiger charge is 2.31. The van der Waals surface area contributed by atoms with Crippen LogP contribution in [0, 0.1) is 0 Å². The number of aliphatic hydroxyl groups is 2. The van der Waals surface area contributed by atoms with Crippen molar-refractivity contribution in [3.05, 3.63) is 29.8 Å². The highest BCUT2D eigenvalue weighted by Crippen LogP contribution is 2.28. The number of rotatable bonds is 4. The average Bonchev–Trinajstić information content (AvgIpc) is 2.39. The Morgan fingerprint density at radius 1 is 1.32 bits per heavy atom. The summed E-state index contributed by atoms with van der Waals surface area (Å²) in [6.45, 7) is 3.54. The monoisotopic (exact) mass is 265 g/mol. The molecule has 4 nitrogen and oxygen atoms in total. The zero-order chi connectivity index (χ0) is 13.9. The lowest BCUT2D eigenvalue weighted by Gasteiger charge is -2.37. The Bertz CT molecular complexity index is 414. The van der Waals surface area contributed by atoms with Crippen LogP contribution in [0.1, 0.15) is 31.4 Å². The fraction of sp³-hybridized carbons (Fsp3) is 0.600. The van der Waals surface area contributed by atoms with Crippen molar-refractivity contribution < 1.29 is 14.9 Å². The largest absolute Gasteiger partial charge is 0.389 e. The molecule has 0 amide bonds. The van der Waals surface area contributed by atoms with E-state index >= 15 is 0 Å². The molecule has 1 aliphatic heterocycles. The van der Waals surface area contributed by atoms with E-state index in [1.54, 1.807) is 6.92 Å². The summed E-state index contributed by atoms with van der Waals surface area (Å²) in [5.74, 6) is 0. The molecule has 0 unspecified atom stereocenters. The minimum absolute atomic E-state index is 0.511. The molecular formula is C15H23NO3. The third-order valence-electron chi connectivity index (χ3n) is 3.75. The highest BCUT2D eigenvalue weighted by atomic mass is 16.5. The number of benzene rings is 1. The van der Waals surface area contributed by atoms with Crippen molar-refractivity contribution in [3.63, 3.8) is 0 Å². The van der Waals surface area contributed by atoms with Gasteiger partial charge in [-0.3, -0.25) is 0 Å². The molecule has 1 aliphatic rings. The number of likely N-dealkylation sites (N-methyl/N-ethyl adjacent to an activating group) is 1. The van der Waals surface area contributed by atoms with Crippen molar-refractivity contribution in [2.24, 2.45) is 0 Å². The van der Waals surface area contributed by atoms with Gasteiger partial charge in [0, 0.05) is 50.9 Å². The molecule has 19 heavy (non-hydrogen) atoms. The van der Waals surface area contributed by atoms with Gasteiger partial charge >= 0.3 is 0 Å². The number of hydrogen-bond donors (Lipinski definition) is 2. The van der Waals surface area contributed by atoms with Gasteiger partial charge in [0.1, 0.15) is 0 Å². The van der Waals surface area contributed by atoms with Crippen molar-refractivity contribution in [1.82, 2.24) is 0 Å². The van der Waals surface area contributed by atoms with E-state index < -0.39 is 11.7 Å². The van der Waals surface area contributed by atoms with Crippen LogP contribution in [0.2, 0.25) is 0 Å². The van der Waals surface area contributed by atoms with Crippen LogP contribution in [0.5, 0.6) is 0 Å². The molecule has 0 bridgehead atoms. The first kappa shape index (κ1) is 14.3. The molecule has 1 fully saturated rings. The summed E-state index contributed by atoms with van der Waals surface area (Å²) in [4.78, 5) is 2.02. The SMILES string of the molecule is C[C@H](O)c1ccccc1N(C)CC1(O)CCOCC1. The number of ether oxygens (including phenoxy) is 1. The van der Waals surface area contributed by atoms with Crippen LogP contribution in [0.25, 0.3) is 0 Å². The predicted octanol–water partition coefficient (Wildman–Crippen LogP) is 1.72. The minimum Gasteiger partial charge on any atom is -0.389 e. The van der Waals surface area contributed by atoms with Gasteiger partial charge < -0.3 is 19.8 Å². The van der Waals surface area contributed by atoms with E-state index in [1.807, 2.05) is 36.2 Å². The van der Waals surface area contributed by atoms with Crippen molar-refractivity contribution in [3.8, 4) is 0 Å². The van der Waals surface area contributed by atoms with Crippen molar-refractivity contribution in [1.29, 1.82) is 0 Å². The standard InChI is InChI=1S/C15H23NO3/c1-12(17)13-5-3-4-6-14(13)16(2)11-15(18)7-9-19-10-8-15/h3-6,12,17-18H,7-11H2,1-2H3/t12-/m0/s1. The van der Waals surface area contributed by atoms with Gasteiger partial charge in [0.05, 0.1) is 11.7 Å². The quantitative estimate of drug-likeness (QED) is 0.870. The normalized spacial score (nSPS) is 20.0. The zero-order valence-corrected chi connectivity index (χ0v) is 11.7. The van der Waals surface area contributed by atoms with Crippen LogP contribution >= 0.6 is 0 Å². The summed E-state index contributed by atoms with van der Waals surface area (Å²) >= 11 is 0. The average molecular weight is 265 g/mol. The summed E-state index contributed by atoms with van der Waals surface area (Å²) in [5, 5.41) is 20.4. The first-order valence-electron chi connectivity index (χ1n) is 6.80. The molecule has 106 valence electrons. The topological polar surface area (TPSA) is 52.9 Å². The fourth-order valence-electron chi connectivity index (χ4n) is 2.62. The van der Waals surface area contributed by atoms with Crippen LogP contribution in [-0.2, 0) is 4.74 Å². The number of aliphatic hydroxyl groups excluding tert-OH is 1. The molecule has 0 aliphatic carbocycles. The summed E-state index contributed by atoms with van der Waals surface area (Å²) in [5.41, 5.74) is 1.16. The van der Waals surface area contributed by atoms with E-state index in [9.17, 15) is 10.2 Å². The Morgan fingerprint density at radius 3 is 2.58 bits per heavy atom. The molecule has 0 saturated carbocycles. The first-order chi connectivity index (χ1) is 9.02. The number of nitrogens with zero attached hydrogens (tertiary/aromatic N) is 1. The van der Waals surface area contributed by atoms with Crippen LogP contribution in [0.4, 0.5) is 5.69 Å². The van der Waals surface area contributed by atoms with E-state index in [0.717, 1.165) is 11.3 Å². The van der Waals surface area contributed by atoms with Gasteiger partial charge in [-0.05, 0) is 13.0 Å². The first-order valence-corrected chi connectivity index (χ1v) is 6.80. The van der Waals surface area contributed by atoms with Crippen LogP contribution in [0.15, 0.2) is 24.3 Å².